The summed E-state index contributed by atoms with van der Waals surface area (Å²) in [6.07, 6.45) is 1.67. The number of carbonyl (C=O) groups excluding carboxylic acids is 1. The highest BCUT2D eigenvalue weighted by Crippen LogP contribution is 2.10. The van der Waals surface area contributed by atoms with E-state index in [1.165, 1.54) is 6.20 Å². The zero-order valence-corrected chi connectivity index (χ0v) is 7.89. The Morgan fingerprint density at radius 1 is 1.57 bits per heavy atom. The third-order valence-corrected chi connectivity index (χ3v) is 1.68. The van der Waals surface area contributed by atoms with Gasteiger partial charge in [0, 0.05) is 12.1 Å². The first kappa shape index (κ1) is 10.3. The maximum absolute atomic E-state index is 10.7. The van der Waals surface area contributed by atoms with Crippen molar-refractivity contribution in [3.8, 4) is 0 Å². The summed E-state index contributed by atoms with van der Waals surface area (Å²) in [6.45, 7) is 3.70. The molecule has 0 aromatic carbocycles. The molecule has 1 aromatic rings. The minimum absolute atomic E-state index is 0.00176. The molecule has 0 aliphatic carbocycles. The van der Waals surface area contributed by atoms with Crippen LogP contribution in [-0.4, -0.2) is 27.3 Å². The van der Waals surface area contributed by atoms with Gasteiger partial charge in [0.25, 0.3) is 0 Å². The van der Waals surface area contributed by atoms with Crippen molar-refractivity contribution in [1.29, 1.82) is 0 Å². The van der Waals surface area contributed by atoms with Crippen LogP contribution in [0, 0.1) is 0 Å². The molecule has 5 nitrogen and oxygen atoms in total. The summed E-state index contributed by atoms with van der Waals surface area (Å²) in [5.74, 6) is -0.752. The third-order valence-electron chi connectivity index (χ3n) is 1.68. The number of aldehydes is 1. The predicted octanol–water partition coefficient (Wildman–Crippen LogP) is 1.11. The van der Waals surface area contributed by atoms with Crippen LogP contribution in [0.2, 0.25) is 0 Å². The van der Waals surface area contributed by atoms with Gasteiger partial charge in [-0.05, 0) is 0 Å². The molecule has 0 unspecified atom stereocenters. The summed E-state index contributed by atoms with van der Waals surface area (Å²) in [5.41, 5.74) is -0.236. The minimum atomic E-state index is -1.21. The van der Waals surface area contributed by atoms with Gasteiger partial charge >= 0.3 is 5.97 Å². The molecule has 1 aromatic heterocycles. The molecule has 0 bridgehead atoms. The monoisotopic (exact) mass is 194 g/mol. The fourth-order valence-electron chi connectivity index (χ4n) is 0.940. The Morgan fingerprint density at radius 2 is 2.21 bits per heavy atom. The lowest BCUT2D eigenvalue weighted by Crippen LogP contribution is -2.10. The number of carbonyl (C=O) groups is 2. The third kappa shape index (κ3) is 1.93. The summed E-state index contributed by atoms with van der Waals surface area (Å²) >= 11 is 0. The van der Waals surface area contributed by atoms with E-state index in [0.29, 0.717) is 12.1 Å². The maximum atomic E-state index is 10.7. The van der Waals surface area contributed by atoms with E-state index in [0.717, 1.165) is 0 Å². The predicted molar refractivity (Wildman–Crippen MR) is 48.5 cm³/mol. The number of rotatable bonds is 3. The van der Waals surface area contributed by atoms with E-state index in [4.69, 9.17) is 5.11 Å². The molecule has 0 amide bonds. The molecule has 0 radical (unpaired) electrons. The molecular formula is C9H10N2O3. The minimum Gasteiger partial charge on any atom is -0.476 e. The van der Waals surface area contributed by atoms with Gasteiger partial charge in [-0.2, -0.15) is 0 Å². The summed E-state index contributed by atoms with van der Waals surface area (Å²) in [4.78, 5) is 28.9. The number of nitrogens with zero attached hydrogens (tertiary/aromatic N) is 2. The first-order valence-corrected chi connectivity index (χ1v) is 4.11. The van der Waals surface area contributed by atoms with Crippen LogP contribution in [0.4, 0.5) is 0 Å². The maximum Gasteiger partial charge on any atom is 0.355 e. The SMILES string of the molecule is CC(C)c1ncc(C=O)c(C(=O)O)n1. The van der Waals surface area contributed by atoms with Crippen molar-refractivity contribution in [2.45, 2.75) is 19.8 Å². The van der Waals surface area contributed by atoms with Crippen LogP contribution in [0.1, 0.15) is 46.4 Å². The molecule has 0 saturated heterocycles. The van der Waals surface area contributed by atoms with Gasteiger partial charge in [0.05, 0.1) is 5.56 Å². The molecule has 74 valence electrons. The molecule has 0 atom stereocenters. The zero-order valence-electron chi connectivity index (χ0n) is 7.89. The number of hydrogen-bond acceptors (Lipinski definition) is 4. The lowest BCUT2D eigenvalue weighted by atomic mass is 10.2. The molecule has 1 rings (SSSR count). The van der Waals surface area contributed by atoms with E-state index < -0.39 is 5.97 Å². The van der Waals surface area contributed by atoms with Crippen LogP contribution < -0.4 is 0 Å². The van der Waals surface area contributed by atoms with Crippen LogP contribution in [0.25, 0.3) is 0 Å². The summed E-state index contributed by atoms with van der Waals surface area (Å²) in [5, 5.41) is 8.75. The average Bonchev–Trinajstić information content (AvgIpc) is 2.16. The lowest BCUT2D eigenvalue weighted by molar-refractivity contribution is 0.0686. The highest BCUT2D eigenvalue weighted by molar-refractivity contribution is 5.94. The van der Waals surface area contributed by atoms with Crippen LogP contribution >= 0.6 is 0 Å². The van der Waals surface area contributed by atoms with Crippen LogP contribution in [0.5, 0.6) is 0 Å². The summed E-state index contributed by atoms with van der Waals surface area (Å²) < 4.78 is 0. The number of carboxylic acid groups (broad SMARTS) is 1. The first-order chi connectivity index (χ1) is 6.56. The van der Waals surface area contributed by atoms with Crippen molar-refractivity contribution >= 4 is 12.3 Å². The van der Waals surface area contributed by atoms with E-state index in [1.807, 2.05) is 13.8 Å². The van der Waals surface area contributed by atoms with Gasteiger partial charge in [-0.1, -0.05) is 13.8 Å². The first-order valence-electron chi connectivity index (χ1n) is 4.11. The molecule has 0 fully saturated rings. The van der Waals surface area contributed by atoms with Crippen molar-refractivity contribution in [2.75, 3.05) is 0 Å². The van der Waals surface area contributed by atoms with Crippen molar-refractivity contribution in [3.63, 3.8) is 0 Å². The Bertz CT molecular complexity index is 374. The fraction of sp³-hybridized carbons (Fsp3) is 0.333. The number of hydrogen-bond donors (Lipinski definition) is 1. The van der Waals surface area contributed by atoms with Gasteiger partial charge in [0.1, 0.15) is 5.82 Å². The normalized spacial score (nSPS) is 10.2. The lowest BCUT2D eigenvalue weighted by Gasteiger charge is -2.04. The molecule has 0 saturated carbocycles. The molecule has 14 heavy (non-hydrogen) atoms. The van der Waals surface area contributed by atoms with Crippen molar-refractivity contribution in [2.24, 2.45) is 0 Å². The Balaban J connectivity index is 3.27. The molecule has 0 aliphatic heterocycles. The Hall–Kier alpha value is -1.78. The van der Waals surface area contributed by atoms with Gasteiger partial charge in [0.15, 0.2) is 12.0 Å². The van der Waals surface area contributed by atoms with Gasteiger partial charge in [-0.15, -0.1) is 0 Å². The Morgan fingerprint density at radius 3 is 2.64 bits per heavy atom. The Labute approximate surface area is 80.8 Å². The topological polar surface area (TPSA) is 80.2 Å². The summed E-state index contributed by atoms with van der Waals surface area (Å²) in [7, 11) is 0. The van der Waals surface area contributed by atoms with Crippen LogP contribution in [-0.2, 0) is 0 Å². The van der Waals surface area contributed by atoms with E-state index >= 15 is 0 Å². The highest BCUT2D eigenvalue weighted by atomic mass is 16.4. The quantitative estimate of drug-likeness (QED) is 0.729. The average molecular weight is 194 g/mol. The number of carboxylic acids is 1. The van der Waals surface area contributed by atoms with Gasteiger partial charge in [0.2, 0.25) is 0 Å². The molecule has 1 N–H and O–H groups in total. The van der Waals surface area contributed by atoms with Crippen molar-refractivity contribution in [1.82, 2.24) is 9.97 Å². The number of aromatic nitrogens is 2. The van der Waals surface area contributed by atoms with Crippen LogP contribution in [0.15, 0.2) is 6.20 Å². The summed E-state index contributed by atoms with van der Waals surface area (Å²) in [6, 6.07) is 0. The zero-order chi connectivity index (χ0) is 10.7. The van der Waals surface area contributed by atoms with E-state index in [-0.39, 0.29) is 17.2 Å². The molecular weight excluding hydrogens is 184 g/mol. The second-order valence-corrected chi connectivity index (χ2v) is 3.11. The van der Waals surface area contributed by atoms with Gasteiger partial charge in [-0.3, -0.25) is 4.79 Å². The number of aromatic carboxylic acids is 1. The van der Waals surface area contributed by atoms with Crippen molar-refractivity contribution < 1.29 is 14.7 Å². The Kier molecular flexibility index (Phi) is 2.91. The van der Waals surface area contributed by atoms with Gasteiger partial charge < -0.3 is 5.11 Å². The van der Waals surface area contributed by atoms with Crippen molar-refractivity contribution in [3.05, 3.63) is 23.3 Å². The standard InChI is InChI=1S/C9H10N2O3/c1-5(2)8-10-3-6(4-12)7(11-8)9(13)14/h3-5H,1-2H3,(H,13,14). The highest BCUT2D eigenvalue weighted by Gasteiger charge is 2.14. The van der Waals surface area contributed by atoms with E-state index in [9.17, 15) is 9.59 Å². The second-order valence-electron chi connectivity index (χ2n) is 3.11. The molecule has 0 aliphatic rings. The molecule has 0 spiro atoms. The fourth-order valence-corrected chi connectivity index (χ4v) is 0.940. The van der Waals surface area contributed by atoms with E-state index in [1.54, 1.807) is 0 Å². The second kappa shape index (κ2) is 3.95. The largest absolute Gasteiger partial charge is 0.476 e. The van der Waals surface area contributed by atoms with E-state index in [2.05, 4.69) is 9.97 Å². The smallest absolute Gasteiger partial charge is 0.355 e. The van der Waals surface area contributed by atoms with Crippen LogP contribution in [0.3, 0.4) is 0 Å². The molecule has 1 heterocycles. The van der Waals surface area contributed by atoms with Gasteiger partial charge in [-0.25, -0.2) is 14.8 Å². The molecule has 5 heteroatoms.